The van der Waals surface area contributed by atoms with Crippen LogP contribution in [-0.4, -0.2) is 51.5 Å². The van der Waals surface area contributed by atoms with Crippen LogP contribution >= 0.6 is 11.8 Å². The molecule has 2 aliphatic heterocycles. The molecule has 0 unspecified atom stereocenters. The highest BCUT2D eigenvalue weighted by Gasteiger charge is 2.27. The smallest absolute Gasteiger partial charge is 0.0765 e. The predicted molar refractivity (Wildman–Crippen MR) is 87.7 cm³/mol. The van der Waals surface area contributed by atoms with Crippen LogP contribution < -0.4 is 0 Å². The van der Waals surface area contributed by atoms with Crippen molar-refractivity contribution in [3.63, 3.8) is 0 Å². The van der Waals surface area contributed by atoms with Crippen LogP contribution in [0.1, 0.15) is 44.8 Å². The van der Waals surface area contributed by atoms with E-state index in [0.29, 0.717) is 18.2 Å². The molecule has 0 N–H and O–H groups in total. The molecule has 2 atom stereocenters. The highest BCUT2D eigenvalue weighted by atomic mass is 32.2. The first-order valence-electron chi connectivity index (χ1n) is 8.20. The van der Waals surface area contributed by atoms with Gasteiger partial charge in [0.2, 0.25) is 0 Å². The lowest BCUT2D eigenvalue weighted by atomic mass is 10.1. The number of hydrogen-bond donors (Lipinski definition) is 0. The lowest BCUT2D eigenvalue weighted by Crippen LogP contribution is -2.40. The zero-order chi connectivity index (χ0) is 14.7. The maximum Gasteiger partial charge on any atom is 0.0765 e. The number of ether oxygens (including phenoxy) is 1. The van der Waals surface area contributed by atoms with E-state index >= 15 is 0 Å². The Morgan fingerprint density at radius 1 is 1.48 bits per heavy atom. The van der Waals surface area contributed by atoms with Crippen LogP contribution in [0, 0.1) is 0 Å². The Hall–Kier alpha value is -0.520. The molecule has 0 bridgehead atoms. The topological polar surface area (TPSA) is 30.3 Å². The van der Waals surface area contributed by atoms with Crippen LogP contribution in [-0.2, 0) is 11.3 Å². The molecule has 5 heteroatoms. The van der Waals surface area contributed by atoms with Crippen molar-refractivity contribution in [1.29, 1.82) is 0 Å². The van der Waals surface area contributed by atoms with Gasteiger partial charge in [-0.15, -0.1) is 0 Å². The van der Waals surface area contributed by atoms with Crippen molar-refractivity contribution in [2.75, 3.05) is 24.7 Å². The minimum atomic E-state index is 0.433. The Balaban J connectivity index is 1.64. The molecule has 3 rings (SSSR count). The fraction of sp³-hybridized carbons (Fsp3) is 0.812. The molecule has 2 saturated heterocycles. The standard InChI is InChI=1S/C16H27N3OS/c1-13(2)19-7-5-14(17-19)10-18(15-6-9-21-12-15)11-16-4-3-8-20-16/h5,7,13,15-16H,3-4,6,8-12H2,1-2H3/t15-,16-/m1/s1. The molecule has 0 amide bonds. The molecular weight excluding hydrogens is 282 g/mol. The van der Waals surface area contributed by atoms with Gasteiger partial charge in [0, 0.05) is 43.7 Å². The van der Waals surface area contributed by atoms with Gasteiger partial charge in [0.15, 0.2) is 0 Å². The third-order valence-electron chi connectivity index (χ3n) is 4.44. The van der Waals surface area contributed by atoms with Crippen LogP contribution in [0.4, 0.5) is 0 Å². The van der Waals surface area contributed by atoms with E-state index in [1.807, 2.05) is 0 Å². The number of rotatable bonds is 6. The summed E-state index contributed by atoms with van der Waals surface area (Å²) in [7, 11) is 0. The fourth-order valence-corrected chi connectivity index (χ4v) is 4.42. The maximum atomic E-state index is 5.85. The monoisotopic (exact) mass is 309 g/mol. The number of thioether (sulfide) groups is 1. The van der Waals surface area contributed by atoms with E-state index < -0.39 is 0 Å². The van der Waals surface area contributed by atoms with Gasteiger partial charge < -0.3 is 4.74 Å². The van der Waals surface area contributed by atoms with Gasteiger partial charge in [-0.1, -0.05) is 0 Å². The number of aromatic nitrogens is 2. The minimum absolute atomic E-state index is 0.433. The Morgan fingerprint density at radius 3 is 3.00 bits per heavy atom. The van der Waals surface area contributed by atoms with E-state index in [1.54, 1.807) is 0 Å². The molecule has 2 aliphatic rings. The summed E-state index contributed by atoms with van der Waals surface area (Å²) in [6.45, 7) is 7.33. The Labute approximate surface area is 132 Å². The summed E-state index contributed by atoms with van der Waals surface area (Å²) in [6.07, 6.45) is 6.29. The normalized spacial score (nSPS) is 26.3. The molecular formula is C16H27N3OS. The zero-order valence-corrected chi connectivity index (χ0v) is 14.0. The van der Waals surface area contributed by atoms with Gasteiger partial charge in [0.1, 0.15) is 0 Å². The lowest BCUT2D eigenvalue weighted by molar-refractivity contribution is 0.0569. The Morgan fingerprint density at radius 2 is 2.38 bits per heavy atom. The average molecular weight is 309 g/mol. The number of nitrogens with zero attached hydrogens (tertiary/aromatic N) is 3. The van der Waals surface area contributed by atoms with Crippen LogP contribution in [0.3, 0.4) is 0 Å². The summed E-state index contributed by atoms with van der Waals surface area (Å²) in [4.78, 5) is 2.61. The molecule has 118 valence electrons. The largest absolute Gasteiger partial charge is 0.377 e. The van der Waals surface area contributed by atoms with E-state index in [0.717, 1.165) is 19.7 Å². The van der Waals surface area contributed by atoms with E-state index in [4.69, 9.17) is 9.84 Å². The Kier molecular flexibility index (Phi) is 5.24. The molecule has 2 fully saturated rings. The second-order valence-corrected chi connectivity index (χ2v) is 7.61. The van der Waals surface area contributed by atoms with Gasteiger partial charge in [-0.2, -0.15) is 16.9 Å². The molecule has 0 aromatic carbocycles. The lowest BCUT2D eigenvalue weighted by Gasteiger charge is -2.29. The van der Waals surface area contributed by atoms with Crippen molar-refractivity contribution >= 4 is 11.8 Å². The van der Waals surface area contributed by atoms with Crippen LogP contribution in [0.25, 0.3) is 0 Å². The van der Waals surface area contributed by atoms with Crippen molar-refractivity contribution in [2.24, 2.45) is 0 Å². The predicted octanol–water partition coefficient (Wildman–Crippen LogP) is 2.95. The molecule has 0 aliphatic carbocycles. The van der Waals surface area contributed by atoms with E-state index in [2.05, 4.69) is 47.5 Å². The van der Waals surface area contributed by atoms with Crippen LogP contribution in [0.5, 0.6) is 0 Å². The summed E-state index contributed by atoms with van der Waals surface area (Å²) < 4.78 is 7.91. The van der Waals surface area contributed by atoms with Gasteiger partial charge in [0.05, 0.1) is 11.8 Å². The maximum absolute atomic E-state index is 5.85. The highest BCUT2D eigenvalue weighted by Crippen LogP contribution is 2.25. The first-order valence-corrected chi connectivity index (χ1v) is 9.35. The van der Waals surface area contributed by atoms with E-state index in [9.17, 15) is 0 Å². The third-order valence-corrected chi connectivity index (χ3v) is 5.59. The van der Waals surface area contributed by atoms with Crippen LogP contribution in [0.2, 0.25) is 0 Å². The van der Waals surface area contributed by atoms with Crippen molar-refractivity contribution in [3.05, 3.63) is 18.0 Å². The van der Waals surface area contributed by atoms with Crippen LogP contribution in [0.15, 0.2) is 12.3 Å². The molecule has 1 aromatic rings. The minimum Gasteiger partial charge on any atom is -0.377 e. The highest BCUT2D eigenvalue weighted by molar-refractivity contribution is 7.99. The first-order chi connectivity index (χ1) is 10.2. The van der Waals surface area contributed by atoms with Gasteiger partial charge in [-0.3, -0.25) is 9.58 Å². The molecule has 3 heterocycles. The molecule has 1 aromatic heterocycles. The fourth-order valence-electron chi connectivity index (χ4n) is 3.16. The van der Waals surface area contributed by atoms with Gasteiger partial charge >= 0.3 is 0 Å². The zero-order valence-electron chi connectivity index (χ0n) is 13.2. The van der Waals surface area contributed by atoms with Crippen molar-refractivity contribution in [1.82, 2.24) is 14.7 Å². The summed E-state index contributed by atoms with van der Waals surface area (Å²) in [5.74, 6) is 2.56. The summed E-state index contributed by atoms with van der Waals surface area (Å²) in [5, 5.41) is 4.72. The molecule has 4 nitrogen and oxygen atoms in total. The quantitative estimate of drug-likeness (QED) is 0.808. The second kappa shape index (κ2) is 7.16. The van der Waals surface area contributed by atoms with Crippen molar-refractivity contribution in [3.8, 4) is 0 Å². The van der Waals surface area contributed by atoms with E-state index in [-0.39, 0.29) is 0 Å². The SMILES string of the molecule is CC(C)n1ccc(CN(C[C@H]2CCCO2)[C@@H]2CCSC2)n1. The molecule has 0 saturated carbocycles. The second-order valence-electron chi connectivity index (χ2n) is 6.46. The Bertz CT molecular complexity index is 436. The van der Waals surface area contributed by atoms with Gasteiger partial charge in [-0.05, 0) is 44.9 Å². The van der Waals surface area contributed by atoms with Crippen molar-refractivity contribution in [2.45, 2.75) is 57.8 Å². The molecule has 21 heavy (non-hydrogen) atoms. The van der Waals surface area contributed by atoms with Crippen molar-refractivity contribution < 1.29 is 4.74 Å². The molecule has 0 spiro atoms. The summed E-state index contributed by atoms with van der Waals surface area (Å²) in [5.41, 5.74) is 1.19. The number of hydrogen-bond acceptors (Lipinski definition) is 4. The van der Waals surface area contributed by atoms with Gasteiger partial charge in [0.25, 0.3) is 0 Å². The van der Waals surface area contributed by atoms with Gasteiger partial charge in [-0.25, -0.2) is 0 Å². The average Bonchev–Trinajstić information content (AvgIpc) is 3.21. The van der Waals surface area contributed by atoms with E-state index in [1.165, 1.54) is 36.5 Å². The third kappa shape index (κ3) is 4.02. The first kappa shape index (κ1) is 15.4. The summed E-state index contributed by atoms with van der Waals surface area (Å²) in [6, 6.07) is 3.31. The summed E-state index contributed by atoms with van der Waals surface area (Å²) >= 11 is 2.08. The molecule has 0 radical (unpaired) electrons.